The Morgan fingerprint density at radius 1 is 1.03 bits per heavy atom. The molecule has 2 aromatic carbocycles. The number of hydrogen-bond acceptors (Lipinski definition) is 9. The quantitative estimate of drug-likeness (QED) is 0.230. The number of fused-ring (bicyclic) bond motifs is 1. The number of rotatable bonds is 9. The number of non-ortho nitro benzene ring substituents is 1. The number of nitrogens with zero attached hydrogens (tertiary/aromatic N) is 1. The molecule has 2 N–H and O–H groups in total. The van der Waals surface area contributed by atoms with Crippen LogP contribution < -0.4 is 15.1 Å². The third kappa shape index (κ3) is 4.45. The van der Waals surface area contributed by atoms with Gasteiger partial charge in [0, 0.05) is 29.1 Å². The summed E-state index contributed by atoms with van der Waals surface area (Å²) in [7, 11) is 0. The first-order valence-corrected chi connectivity index (χ1v) is 8.83. The average Bonchev–Trinajstić information content (AvgIpc) is 2.75. The van der Waals surface area contributed by atoms with E-state index in [1.807, 2.05) is 0 Å². The summed E-state index contributed by atoms with van der Waals surface area (Å²) in [6, 6.07) is 9.15. The first kappa shape index (κ1) is 21.0. The lowest BCUT2D eigenvalue weighted by atomic mass is 10.0. The van der Waals surface area contributed by atoms with Gasteiger partial charge in [-0.25, -0.2) is 4.79 Å². The van der Waals surface area contributed by atoms with Gasteiger partial charge in [-0.2, -0.15) is 0 Å². The molecule has 3 rings (SSSR count). The summed E-state index contributed by atoms with van der Waals surface area (Å²) < 4.78 is 16.0. The number of carbonyl (C=O) groups is 1. The molecule has 1 heterocycles. The van der Waals surface area contributed by atoms with Crippen LogP contribution in [0.25, 0.3) is 11.0 Å². The summed E-state index contributed by atoms with van der Waals surface area (Å²) >= 11 is 0. The normalized spacial score (nSPS) is 10.7. The molecule has 0 unspecified atom stereocenters. The largest absolute Gasteiger partial charge is 0.487 e. The Morgan fingerprint density at radius 2 is 1.70 bits per heavy atom. The van der Waals surface area contributed by atoms with Gasteiger partial charge in [0.05, 0.1) is 18.1 Å². The molecular formula is C20H17NO9. The Labute approximate surface area is 169 Å². The van der Waals surface area contributed by atoms with Crippen LogP contribution in [-0.2, 0) is 0 Å². The van der Waals surface area contributed by atoms with Crippen molar-refractivity contribution in [2.75, 3.05) is 26.4 Å². The molecule has 0 aliphatic carbocycles. The van der Waals surface area contributed by atoms with Gasteiger partial charge < -0.3 is 24.1 Å². The minimum Gasteiger partial charge on any atom is -0.487 e. The molecule has 156 valence electrons. The van der Waals surface area contributed by atoms with Gasteiger partial charge in [0.15, 0.2) is 11.5 Å². The van der Waals surface area contributed by atoms with E-state index in [2.05, 4.69) is 0 Å². The predicted octanol–water partition coefficient (Wildman–Crippen LogP) is 1.67. The lowest BCUT2D eigenvalue weighted by Gasteiger charge is -2.13. The Morgan fingerprint density at radius 3 is 2.33 bits per heavy atom. The van der Waals surface area contributed by atoms with E-state index >= 15 is 0 Å². The van der Waals surface area contributed by atoms with Crippen molar-refractivity contribution in [3.8, 4) is 11.5 Å². The minimum atomic E-state index is -0.920. The fourth-order valence-electron chi connectivity index (χ4n) is 2.74. The minimum absolute atomic E-state index is 0.0305. The van der Waals surface area contributed by atoms with Crippen molar-refractivity contribution in [1.29, 1.82) is 0 Å². The molecule has 0 aliphatic rings. The molecule has 0 bridgehead atoms. The summed E-state index contributed by atoms with van der Waals surface area (Å²) in [5.41, 5.74) is -1.43. The van der Waals surface area contributed by atoms with Crippen LogP contribution in [-0.4, -0.2) is 47.3 Å². The molecule has 10 heteroatoms. The zero-order valence-corrected chi connectivity index (χ0v) is 15.6. The third-order valence-corrected chi connectivity index (χ3v) is 4.06. The Kier molecular flexibility index (Phi) is 6.40. The van der Waals surface area contributed by atoms with E-state index in [9.17, 15) is 19.7 Å². The van der Waals surface area contributed by atoms with Crippen LogP contribution in [0.1, 0.15) is 15.9 Å². The van der Waals surface area contributed by atoms with Crippen molar-refractivity contribution in [2.45, 2.75) is 0 Å². The molecule has 0 amide bonds. The van der Waals surface area contributed by atoms with Gasteiger partial charge in [-0.3, -0.25) is 14.9 Å². The van der Waals surface area contributed by atoms with Gasteiger partial charge in [-0.15, -0.1) is 0 Å². The number of hydrogen-bond donors (Lipinski definition) is 2. The van der Waals surface area contributed by atoms with Crippen molar-refractivity contribution in [1.82, 2.24) is 0 Å². The van der Waals surface area contributed by atoms with Crippen molar-refractivity contribution in [3.05, 3.63) is 74.1 Å². The van der Waals surface area contributed by atoms with E-state index < -0.39 is 16.3 Å². The van der Waals surface area contributed by atoms with Gasteiger partial charge in [0.1, 0.15) is 24.4 Å². The number of carbonyl (C=O) groups excluding carboxylic acids is 1. The standard InChI is InChI=1S/C20H17NO9/c22-4-6-28-17-10-13-9-15(19(24)12-2-1-3-14(8-12)21(26)27)20(25)30-16(13)11-18(17)29-7-5-23/h1-3,8-11,22-23H,4-7H2. The number of nitro groups is 1. The number of ether oxygens (including phenoxy) is 2. The second kappa shape index (κ2) is 9.16. The van der Waals surface area contributed by atoms with E-state index in [1.165, 1.54) is 36.4 Å². The van der Waals surface area contributed by atoms with Gasteiger partial charge in [0.2, 0.25) is 5.78 Å². The Hall–Kier alpha value is -3.76. The molecule has 0 saturated carbocycles. The second-order valence-corrected chi connectivity index (χ2v) is 6.07. The lowest BCUT2D eigenvalue weighted by molar-refractivity contribution is -0.384. The van der Waals surface area contributed by atoms with Gasteiger partial charge >= 0.3 is 5.63 Å². The van der Waals surface area contributed by atoms with Crippen molar-refractivity contribution in [2.24, 2.45) is 0 Å². The molecule has 0 atom stereocenters. The summed E-state index contributed by atoms with van der Waals surface area (Å²) in [5.74, 6) is -0.328. The van der Waals surface area contributed by atoms with E-state index in [-0.39, 0.29) is 60.3 Å². The zero-order valence-electron chi connectivity index (χ0n) is 15.6. The van der Waals surface area contributed by atoms with Crippen molar-refractivity contribution in [3.63, 3.8) is 0 Å². The summed E-state index contributed by atoms with van der Waals surface area (Å²) in [4.78, 5) is 35.4. The number of ketones is 1. The highest BCUT2D eigenvalue weighted by molar-refractivity contribution is 6.10. The predicted molar refractivity (Wildman–Crippen MR) is 104 cm³/mol. The van der Waals surface area contributed by atoms with Crippen LogP contribution in [0.2, 0.25) is 0 Å². The first-order valence-electron chi connectivity index (χ1n) is 8.83. The molecule has 1 aromatic heterocycles. The number of aliphatic hydroxyl groups is 2. The highest BCUT2D eigenvalue weighted by Gasteiger charge is 2.19. The SMILES string of the molecule is O=C(c1cccc([N+](=O)[O-])c1)c1cc2cc(OCCO)c(OCCO)cc2oc1=O. The summed E-state index contributed by atoms with van der Waals surface area (Å²) in [6.45, 7) is -0.568. The molecule has 0 spiro atoms. The second-order valence-electron chi connectivity index (χ2n) is 6.07. The Bertz CT molecular complexity index is 1150. The van der Waals surface area contributed by atoms with Gasteiger partial charge in [-0.1, -0.05) is 12.1 Å². The number of aliphatic hydroxyl groups excluding tert-OH is 2. The fraction of sp³-hybridized carbons (Fsp3) is 0.200. The van der Waals surface area contributed by atoms with Crippen LogP contribution in [0.15, 0.2) is 51.7 Å². The highest BCUT2D eigenvalue weighted by Crippen LogP contribution is 2.33. The molecular weight excluding hydrogens is 398 g/mol. The fourth-order valence-corrected chi connectivity index (χ4v) is 2.74. The molecule has 0 radical (unpaired) electrons. The third-order valence-electron chi connectivity index (χ3n) is 4.06. The molecule has 30 heavy (non-hydrogen) atoms. The van der Waals surface area contributed by atoms with Gasteiger partial charge in [-0.05, 0) is 12.1 Å². The molecule has 3 aromatic rings. The topological polar surface area (TPSA) is 149 Å². The molecule has 0 fully saturated rings. The van der Waals surface area contributed by atoms with Crippen LogP contribution >= 0.6 is 0 Å². The maximum Gasteiger partial charge on any atom is 0.347 e. The smallest absolute Gasteiger partial charge is 0.347 e. The average molecular weight is 415 g/mol. The number of benzene rings is 2. The molecule has 10 nitrogen and oxygen atoms in total. The maximum atomic E-state index is 12.8. The van der Waals surface area contributed by atoms with E-state index in [1.54, 1.807) is 0 Å². The molecule has 0 saturated heterocycles. The van der Waals surface area contributed by atoms with Crippen LogP contribution in [0.3, 0.4) is 0 Å². The van der Waals surface area contributed by atoms with E-state index in [0.29, 0.717) is 5.39 Å². The Balaban J connectivity index is 2.07. The van der Waals surface area contributed by atoms with Gasteiger partial charge in [0.25, 0.3) is 5.69 Å². The van der Waals surface area contributed by atoms with Crippen molar-refractivity contribution < 1.29 is 33.8 Å². The lowest BCUT2D eigenvalue weighted by Crippen LogP contribution is -2.15. The summed E-state index contributed by atoms with van der Waals surface area (Å²) in [6.07, 6.45) is 0. The van der Waals surface area contributed by atoms with Crippen LogP contribution in [0.4, 0.5) is 5.69 Å². The van der Waals surface area contributed by atoms with Crippen LogP contribution in [0, 0.1) is 10.1 Å². The van der Waals surface area contributed by atoms with E-state index in [4.69, 9.17) is 24.1 Å². The highest BCUT2D eigenvalue weighted by atomic mass is 16.6. The number of nitro benzene ring substituents is 1. The van der Waals surface area contributed by atoms with Crippen molar-refractivity contribution >= 4 is 22.4 Å². The van der Waals surface area contributed by atoms with E-state index in [0.717, 1.165) is 6.07 Å². The van der Waals surface area contributed by atoms with Crippen LogP contribution in [0.5, 0.6) is 11.5 Å². The zero-order chi connectivity index (χ0) is 21.7. The summed E-state index contributed by atoms with van der Waals surface area (Å²) in [5, 5.41) is 29.2. The molecule has 0 aliphatic heterocycles. The maximum absolute atomic E-state index is 12.8. The first-order chi connectivity index (χ1) is 14.4. The monoisotopic (exact) mass is 415 g/mol.